The van der Waals surface area contributed by atoms with Gasteiger partial charge in [0.2, 0.25) is 0 Å². The Labute approximate surface area is 78.4 Å². The molecule has 2 aliphatic heterocycles. The van der Waals surface area contributed by atoms with E-state index in [4.69, 9.17) is 4.84 Å². The number of hydrogen-bond donors (Lipinski definition) is 0. The van der Waals surface area contributed by atoms with E-state index in [1.807, 2.05) is 12.0 Å². The highest BCUT2D eigenvalue weighted by atomic mass is 16.7. The fraction of sp³-hybridized carbons (Fsp3) is 0.889. The molecule has 2 unspecified atom stereocenters. The van der Waals surface area contributed by atoms with E-state index >= 15 is 0 Å². The molecule has 2 aliphatic rings. The summed E-state index contributed by atoms with van der Waals surface area (Å²) in [7, 11) is 0. The first-order valence-electron chi connectivity index (χ1n) is 4.99. The van der Waals surface area contributed by atoms with Crippen LogP contribution in [0.4, 0.5) is 0 Å². The molecule has 0 aromatic heterocycles. The molecule has 0 aromatic rings. The largest absolute Gasteiger partial charge is 0.366 e. The van der Waals surface area contributed by atoms with E-state index in [1.54, 1.807) is 0 Å². The van der Waals surface area contributed by atoms with Gasteiger partial charge in [-0.05, 0) is 19.4 Å². The first-order valence-corrected chi connectivity index (χ1v) is 4.99. The van der Waals surface area contributed by atoms with Gasteiger partial charge in [0.25, 0.3) is 0 Å². The van der Waals surface area contributed by atoms with Crippen LogP contribution in [0.3, 0.4) is 0 Å². The summed E-state index contributed by atoms with van der Waals surface area (Å²) >= 11 is 0. The summed E-state index contributed by atoms with van der Waals surface area (Å²) in [5.41, 5.74) is 0. The Morgan fingerprint density at radius 1 is 1.62 bits per heavy atom. The van der Waals surface area contributed by atoms with Crippen LogP contribution in [-0.2, 0) is 9.63 Å². The molecule has 2 heterocycles. The molecule has 0 N–H and O–H groups in total. The molecule has 4 nitrogen and oxygen atoms in total. The number of nitrogens with zero attached hydrogens (tertiary/aromatic N) is 2. The molecule has 2 rings (SSSR count). The number of hydrogen-bond acceptors (Lipinski definition) is 4. The van der Waals surface area contributed by atoms with Gasteiger partial charge < -0.3 is 4.84 Å². The Kier molecular flexibility index (Phi) is 2.51. The third-order valence-electron chi connectivity index (χ3n) is 2.74. The normalized spacial score (nSPS) is 33.3. The highest BCUT2D eigenvalue weighted by Crippen LogP contribution is 2.23. The maximum absolute atomic E-state index is 11.1. The molecule has 0 spiro atoms. The van der Waals surface area contributed by atoms with Gasteiger partial charge in [-0.1, -0.05) is 6.92 Å². The van der Waals surface area contributed by atoms with Crippen LogP contribution in [0.1, 0.15) is 26.2 Å². The molecule has 0 radical (unpaired) electrons. The van der Waals surface area contributed by atoms with E-state index < -0.39 is 0 Å². The minimum atomic E-state index is -0.117. The zero-order valence-electron chi connectivity index (χ0n) is 8.03. The lowest BCUT2D eigenvalue weighted by Crippen LogP contribution is -2.33. The molecule has 74 valence electrons. The van der Waals surface area contributed by atoms with Crippen LogP contribution in [0.2, 0.25) is 0 Å². The molecule has 2 atom stereocenters. The Hall–Kier alpha value is -0.610. The molecule has 0 amide bonds. The second-order valence-corrected chi connectivity index (χ2v) is 3.75. The summed E-state index contributed by atoms with van der Waals surface area (Å²) in [6.07, 6.45) is 2.85. The second-order valence-electron chi connectivity index (χ2n) is 3.75. The quantitative estimate of drug-likeness (QED) is 0.629. The van der Waals surface area contributed by atoms with Crippen molar-refractivity contribution in [1.82, 2.24) is 9.96 Å². The van der Waals surface area contributed by atoms with Crippen LogP contribution in [0.15, 0.2) is 0 Å². The van der Waals surface area contributed by atoms with Gasteiger partial charge in [-0.25, -0.2) is 0 Å². The lowest BCUT2D eigenvalue weighted by molar-refractivity contribution is -0.195. The highest BCUT2D eigenvalue weighted by Gasteiger charge is 2.35. The highest BCUT2D eigenvalue weighted by molar-refractivity contribution is 5.68. The SMILES string of the molecule is CCC(=O)ON1CN2CCCC1C2. The molecule has 2 bridgehead atoms. The van der Waals surface area contributed by atoms with Crippen molar-refractivity contribution in [2.75, 3.05) is 19.8 Å². The number of hydroxylamine groups is 2. The van der Waals surface area contributed by atoms with E-state index in [-0.39, 0.29) is 5.97 Å². The molecular formula is C9H16N2O2. The van der Waals surface area contributed by atoms with Crippen molar-refractivity contribution >= 4 is 5.97 Å². The summed E-state index contributed by atoms with van der Waals surface area (Å²) < 4.78 is 0. The van der Waals surface area contributed by atoms with E-state index in [9.17, 15) is 4.79 Å². The van der Waals surface area contributed by atoms with Crippen molar-refractivity contribution in [1.29, 1.82) is 0 Å². The van der Waals surface area contributed by atoms with Gasteiger partial charge in [-0.2, -0.15) is 0 Å². The number of fused-ring (bicyclic) bond motifs is 2. The first kappa shape index (κ1) is 8.97. The van der Waals surface area contributed by atoms with Crippen molar-refractivity contribution in [3.05, 3.63) is 0 Å². The minimum absolute atomic E-state index is 0.117. The van der Waals surface area contributed by atoms with Crippen LogP contribution < -0.4 is 0 Å². The minimum Gasteiger partial charge on any atom is -0.366 e. The fourth-order valence-electron chi connectivity index (χ4n) is 2.01. The lowest BCUT2D eigenvalue weighted by atomic mass is 10.1. The van der Waals surface area contributed by atoms with Gasteiger partial charge in [-0.15, -0.1) is 5.06 Å². The lowest BCUT2D eigenvalue weighted by Gasteiger charge is -2.21. The van der Waals surface area contributed by atoms with Crippen molar-refractivity contribution in [2.24, 2.45) is 0 Å². The van der Waals surface area contributed by atoms with Crippen molar-refractivity contribution in [3.8, 4) is 0 Å². The standard InChI is InChI=1S/C9H16N2O2/c1-2-9(12)13-11-7-10-5-3-4-8(11)6-10/h8H,2-7H2,1H3. The van der Waals surface area contributed by atoms with Crippen LogP contribution in [0.5, 0.6) is 0 Å². The zero-order chi connectivity index (χ0) is 9.26. The molecule has 2 saturated heterocycles. The second kappa shape index (κ2) is 3.64. The van der Waals surface area contributed by atoms with E-state index in [0.717, 1.165) is 26.2 Å². The average Bonchev–Trinajstić information content (AvgIpc) is 2.42. The summed E-state index contributed by atoms with van der Waals surface area (Å²) in [5, 5.41) is 1.85. The molecule has 4 heteroatoms. The number of carbonyl (C=O) groups excluding carboxylic acids is 1. The molecular weight excluding hydrogens is 168 g/mol. The van der Waals surface area contributed by atoms with Gasteiger partial charge >= 0.3 is 5.97 Å². The van der Waals surface area contributed by atoms with Gasteiger partial charge in [0, 0.05) is 13.0 Å². The first-order chi connectivity index (χ1) is 6.29. The van der Waals surface area contributed by atoms with E-state index in [2.05, 4.69) is 4.90 Å². The van der Waals surface area contributed by atoms with Gasteiger partial charge in [0.05, 0.1) is 12.7 Å². The third kappa shape index (κ3) is 1.84. The van der Waals surface area contributed by atoms with E-state index in [0.29, 0.717) is 12.5 Å². The van der Waals surface area contributed by atoms with Gasteiger partial charge in [-0.3, -0.25) is 9.69 Å². The topological polar surface area (TPSA) is 32.8 Å². The zero-order valence-corrected chi connectivity index (χ0v) is 8.03. The Morgan fingerprint density at radius 3 is 3.15 bits per heavy atom. The molecule has 0 aliphatic carbocycles. The van der Waals surface area contributed by atoms with Crippen molar-refractivity contribution < 1.29 is 9.63 Å². The van der Waals surface area contributed by atoms with Crippen molar-refractivity contribution in [3.63, 3.8) is 0 Å². The van der Waals surface area contributed by atoms with Crippen LogP contribution in [0, 0.1) is 0 Å². The van der Waals surface area contributed by atoms with Crippen LogP contribution >= 0.6 is 0 Å². The van der Waals surface area contributed by atoms with E-state index in [1.165, 1.54) is 6.42 Å². The Morgan fingerprint density at radius 2 is 2.46 bits per heavy atom. The van der Waals surface area contributed by atoms with Crippen LogP contribution in [0.25, 0.3) is 0 Å². The predicted molar refractivity (Wildman–Crippen MR) is 47.7 cm³/mol. The molecule has 0 aromatic carbocycles. The number of carbonyl (C=O) groups is 1. The van der Waals surface area contributed by atoms with Gasteiger partial charge in [0.15, 0.2) is 0 Å². The smallest absolute Gasteiger partial charge is 0.324 e. The number of piperidine rings is 1. The summed E-state index contributed by atoms with van der Waals surface area (Å²) in [6.45, 7) is 4.84. The average molecular weight is 184 g/mol. The molecule has 2 fully saturated rings. The predicted octanol–water partition coefficient (Wildman–Crippen LogP) is 0.592. The third-order valence-corrected chi connectivity index (χ3v) is 2.74. The van der Waals surface area contributed by atoms with Crippen LogP contribution in [-0.4, -0.2) is 41.7 Å². The molecule has 13 heavy (non-hydrogen) atoms. The monoisotopic (exact) mass is 184 g/mol. The maximum atomic E-state index is 11.1. The summed E-state index contributed by atoms with van der Waals surface area (Å²) in [5.74, 6) is -0.117. The maximum Gasteiger partial charge on any atom is 0.324 e. The Bertz CT molecular complexity index is 208. The Balaban J connectivity index is 1.90. The fourth-order valence-corrected chi connectivity index (χ4v) is 2.01. The summed E-state index contributed by atoms with van der Waals surface area (Å²) in [6, 6.07) is 0.448. The summed E-state index contributed by atoms with van der Waals surface area (Å²) in [4.78, 5) is 18.6. The van der Waals surface area contributed by atoms with Crippen molar-refractivity contribution in [2.45, 2.75) is 32.2 Å². The molecule has 0 saturated carbocycles. The van der Waals surface area contributed by atoms with Gasteiger partial charge in [0.1, 0.15) is 0 Å². The number of rotatable bonds is 2.